The number of likely N-dealkylation sites (N-methyl/N-ethyl adjacent to an activating group) is 1. The minimum absolute atomic E-state index is 0.210. The topological polar surface area (TPSA) is 95.0 Å². The van der Waals surface area contributed by atoms with Gasteiger partial charge < -0.3 is 10.0 Å². The van der Waals surface area contributed by atoms with Crippen molar-refractivity contribution < 1.29 is 23.1 Å². The number of aliphatic carboxylic acids is 1. The van der Waals surface area contributed by atoms with Gasteiger partial charge in [0.2, 0.25) is 15.9 Å². The molecule has 0 aromatic rings. The summed E-state index contributed by atoms with van der Waals surface area (Å²) in [6, 6.07) is 0. The molecule has 1 rings (SSSR count). The van der Waals surface area contributed by atoms with Crippen LogP contribution in [0, 0.1) is 5.92 Å². The Bertz CT molecular complexity index is 507. The van der Waals surface area contributed by atoms with E-state index in [1.165, 1.54) is 23.1 Å². The standard InChI is InChI=1S/C13H24N2O5S/c1-5-15(13(2,3)12(17)18)11(16)10-6-8-14(9-7-10)21(4,19)20/h10H,5-9H2,1-4H3,(H,17,18). The maximum Gasteiger partial charge on any atom is 0.329 e. The molecule has 0 aromatic carbocycles. The average Bonchev–Trinajstić information content (AvgIpc) is 2.38. The summed E-state index contributed by atoms with van der Waals surface area (Å²) < 4.78 is 24.3. The van der Waals surface area contributed by atoms with Gasteiger partial charge in [0.25, 0.3) is 0 Å². The van der Waals surface area contributed by atoms with Gasteiger partial charge in [-0.2, -0.15) is 0 Å². The number of rotatable bonds is 5. The molecule has 0 spiro atoms. The van der Waals surface area contributed by atoms with Crippen molar-refractivity contribution >= 4 is 21.9 Å². The molecule has 0 atom stereocenters. The van der Waals surface area contributed by atoms with E-state index in [-0.39, 0.29) is 11.8 Å². The smallest absolute Gasteiger partial charge is 0.329 e. The van der Waals surface area contributed by atoms with Crippen LogP contribution >= 0.6 is 0 Å². The number of carboxylic acids is 1. The SMILES string of the molecule is CCN(C(=O)C1CCN(S(C)(=O)=O)CC1)C(C)(C)C(=O)O. The molecule has 1 amide bonds. The molecule has 122 valence electrons. The molecule has 21 heavy (non-hydrogen) atoms. The minimum atomic E-state index is -3.23. The highest BCUT2D eigenvalue weighted by atomic mass is 32.2. The van der Waals surface area contributed by atoms with Gasteiger partial charge in [-0.05, 0) is 33.6 Å². The zero-order valence-electron chi connectivity index (χ0n) is 13.0. The number of carboxylic acid groups (broad SMARTS) is 1. The van der Waals surface area contributed by atoms with Gasteiger partial charge in [-0.15, -0.1) is 0 Å². The molecule has 1 heterocycles. The molecule has 0 saturated carbocycles. The minimum Gasteiger partial charge on any atom is -0.480 e. The summed E-state index contributed by atoms with van der Waals surface area (Å²) in [5.41, 5.74) is -1.26. The van der Waals surface area contributed by atoms with E-state index in [0.29, 0.717) is 32.5 Å². The Labute approximate surface area is 126 Å². The summed E-state index contributed by atoms with van der Waals surface area (Å²) in [7, 11) is -3.23. The molecule has 7 nitrogen and oxygen atoms in total. The number of carbonyl (C=O) groups excluding carboxylic acids is 1. The zero-order valence-corrected chi connectivity index (χ0v) is 13.8. The molecule has 0 radical (unpaired) electrons. The molecular formula is C13H24N2O5S. The first-order valence-electron chi connectivity index (χ1n) is 7.01. The molecule has 1 aliphatic rings. The van der Waals surface area contributed by atoms with E-state index < -0.39 is 21.5 Å². The first kappa shape index (κ1) is 17.9. The van der Waals surface area contributed by atoms with E-state index in [4.69, 9.17) is 0 Å². The van der Waals surface area contributed by atoms with E-state index in [1.54, 1.807) is 6.92 Å². The molecule has 1 aliphatic heterocycles. The Hall–Kier alpha value is -1.15. The normalized spacial score (nSPS) is 18.5. The lowest BCUT2D eigenvalue weighted by Gasteiger charge is -2.38. The number of hydrogen-bond acceptors (Lipinski definition) is 4. The van der Waals surface area contributed by atoms with Crippen molar-refractivity contribution in [1.29, 1.82) is 0 Å². The quantitative estimate of drug-likeness (QED) is 0.789. The molecule has 1 N–H and O–H groups in total. The van der Waals surface area contributed by atoms with Crippen molar-refractivity contribution in [3.8, 4) is 0 Å². The van der Waals surface area contributed by atoms with Gasteiger partial charge in [-0.25, -0.2) is 17.5 Å². The second-order valence-electron chi connectivity index (χ2n) is 5.88. The first-order valence-corrected chi connectivity index (χ1v) is 8.86. The Morgan fingerprint density at radius 3 is 2.10 bits per heavy atom. The van der Waals surface area contributed by atoms with Crippen LogP contribution in [0.1, 0.15) is 33.6 Å². The number of carbonyl (C=O) groups is 2. The van der Waals surface area contributed by atoms with E-state index in [9.17, 15) is 23.1 Å². The lowest BCUT2D eigenvalue weighted by Crippen LogP contribution is -2.55. The molecule has 0 unspecified atom stereocenters. The number of nitrogens with zero attached hydrogens (tertiary/aromatic N) is 2. The van der Waals surface area contributed by atoms with Gasteiger partial charge in [0, 0.05) is 25.6 Å². The molecular weight excluding hydrogens is 296 g/mol. The van der Waals surface area contributed by atoms with Crippen LogP contribution in [0.5, 0.6) is 0 Å². The summed E-state index contributed by atoms with van der Waals surface area (Å²) in [6.07, 6.45) is 2.01. The van der Waals surface area contributed by atoms with Crippen molar-refractivity contribution in [2.45, 2.75) is 39.2 Å². The van der Waals surface area contributed by atoms with Crippen molar-refractivity contribution in [3.05, 3.63) is 0 Å². The van der Waals surface area contributed by atoms with Crippen LogP contribution in [0.2, 0.25) is 0 Å². The number of hydrogen-bond donors (Lipinski definition) is 1. The first-order chi connectivity index (χ1) is 9.51. The van der Waals surface area contributed by atoms with Crippen molar-refractivity contribution in [2.75, 3.05) is 25.9 Å². The predicted molar refractivity (Wildman–Crippen MR) is 78.2 cm³/mol. The Balaban J connectivity index is 2.79. The predicted octanol–water partition coefficient (Wildman–Crippen LogP) is 0.370. The van der Waals surface area contributed by atoms with Gasteiger partial charge in [0.15, 0.2) is 0 Å². The third-order valence-corrected chi connectivity index (χ3v) is 5.36. The molecule has 0 aliphatic carbocycles. The van der Waals surface area contributed by atoms with Crippen LogP contribution < -0.4 is 0 Å². The Kier molecular flexibility index (Phi) is 5.38. The van der Waals surface area contributed by atoms with Gasteiger partial charge >= 0.3 is 5.97 Å². The fraction of sp³-hybridized carbons (Fsp3) is 0.846. The maximum absolute atomic E-state index is 12.5. The second kappa shape index (κ2) is 6.31. The zero-order chi connectivity index (χ0) is 16.4. The Morgan fingerprint density at radius 1 is 1.29 bits per heavy atom. The monoisotopic (exact) mass is 320 g/mol. The molecule has 1 fully saturated rings. The van der Waals surface area contributed by atoms with Gasteiger partial charge in [0.1, 0.15) is 5.54 Å². The van der Waals surface area contributed by atoms with Crippen molar-refractivity contribution in [3.63, 3.8) is 0 Å². The number of sulfonamides is 1. The summed E-state index contributed by atoms with van der Waals surface area (Å²) in [5, 5.41) is 9.26. The maximum atomic E-state index is 12.5. The van der Waals surface area contributed by atoms with Crippen LogP contribution in [-0.2, 0) is 19.6 Å². The summed E-state index contributed by atoms with van der Waals surface area (Å²) >= 11 is 0. The molecule has 1 saturated heterocycles. The highest BCUT2D eigenvalue weighted by Crippen LogP contribution is 2.25. The molecule has 8 heteroatoms. The van der Waals surface area contributed by atoms with Crippen LogP contribution in [0.25, 0.3) is 0 Å². The van der Waals surface area contributed by atoms with E-state index >= 15 is 0 Å². The van der Waals surface area contributed by atoms with Crippen LogP contribution in [0.15, 0.2) is 0 Å². The average molecular weight is 320 g/mol. The van der Waals surface area contributed by atoms with E-state index in [0.717, 1.165) is 6.26 Å². The highest BCUT2D eigenvalue weighted by molar-refractivity contribution is 7.88. The number of amides is 1. The van der Waals surface area contributed by atoms with Gasteiger partial charge in [0.05, 0.1) is 6.26 Å². The van der Waals surface area contributed by atoms with Gasteiger partial charge in [-0.1, -0.05) is 0 Å². The van der Waals surface area contributed by atoms with Crippen LogP contribution in [-0.4, -0.2) is 66.0 Å². The summed E-state index contributed by atoms with van der Waals surface area (Å²) in [6.45, 7) is 5.67. The van der Waals surface area contributed by atoms with E-state index in [1.807, 2.05) is 0 Å². The summed E-state index contributed by atoms with van der Waals surface area (Å²) in [4.78, 5) is 25.2. The number of piperidine rings is 1. The lowest BCUT2D eigenvalue weighted by atomic mass is 9.93. The van der Waals surface area contributed by atoms with E-state index in [2.05, 4.69) is 0 Å². The summed E-state index contributed by atoms with van der Waals surface area (Å²) in [5.74, 6) is -1.58. The van der Waals surface area contributed by atoms with Crippen LogP contribution in [0.4, 0.5) is 0 Å². The van der Waals surface area contributed by atoms with Gasteiger partial charge in [-0.3, -0.25) is 4.79 Å². The fourth-order valence-electron chi connectivity index (χ4n) is 2.60. The molecule has 0 bridgehead atoms. The Morgan fingerprint density at radius 2 is 1.76 bits per heavy atom. The third-order valence-electron chi connectivity index (χ3n) is 4.05. The largest absolute Gasteiger partial charge is 0.480 e. The van der Waals surface area contributed by atoms with Crippen molar-refractivity contribution in [1.82, 2.24) is 9.21 Å². The fourth-order valence-corrected chi connectivity index (χ4v) is 3.47. The second-order valence-corrected chi connectivity index (χ2v) is 7.87. The highest BCUT2D eigenvalue weighted by Gasteiger charge is 2.40. The molecule has 0 aromatic heterocycles. The van der Waals surface area contributed by atoms with Crippen LogP contribution in [0.3, 0.4) is 0 Å². The third kappa shape index (κ3) is 3.94. The van der Waals surface area contributed by atoms with Crippen molar-refractivity contribution in [2.24, 2.45) is 5.92 Å². The lowest BCUT2D eigenvalue weighted by molar-refractivity contribution is -0.159.